The molecule has 1 N–H and O–H groups in total. The van der Waals surface area contributed by atoms with E-state index in [1.165, 1.54) is 0 Å². The van der Waals surface area contributed by atoms with E-state index in [4.69, 9.17) is 4.74 Å². The summed E-state index contributed by atoms with van der Waals surface area (Å²) in [6.07, 6.45) is 0. The van der Waals surface area contributed by atoms with Crippen molar-refractivity contribution in [2.45, 2.75) is 6.92 Å². The topological polar surface area (TPSA) is 61.9 Å². The molecular formula is C16H22BrN3O3. The molecule has 0 saturated carbocycles. The van der Waals surface area contributed by atoms with Gasteiger partial charge >= 0.3 is 0 Å². The Labute approximate surface area is 144 Å². The van der Waals surface area contributed by atoms with E-state index in [0.717, 1.165) is 4.47 Å². The van der Waals surface area contributed by atoms with Crippen LogP contribution in [0.25, 0.3) is 0 Å². The molecule has 0 aromatic heterocycles. The van der Waals surface area contributed by atoms with Crippen LogP contribution >= 0.6 is 15.9 Å². The minimum absolute atomic E-state index is 0.0226. The van der Waals surface area contributed by atoms with Crippen LogP contribution in [0.3, 0.4) is 0 Å². The van der Waals surface area contributed by atoms with Crippen LogP contribution < -0.4 is 10.1 Å². The number of hydrogen-bond acceptors (Lipinski definition) is 4. The largest absolute Gasteiger partial charge is 0.484 e. The monoisotopic (exact) mass is 383 g/mol. The van der Waals surface area contributed by atoms with Crippen LogP contribution in [0.15, 0.2) is 28.7 Å². The first kappa shape index (κ1) is 17.7. The lowest BCUT2D eigenvalue weighted by molar-refractivity contribution is -0.135. The number of amides is 2. The molecule has 0 aliphatic carbocycles. The standard InChI is InChI=1S/C16H22BrN3O3/c1-2-18-15(21)11-19-7-9-20(10-8-19)16(22)12-23-14-5-3-13(17)4-6-14/h3-6H,2,7-12H2,1H3,(H,18,21). The highest BCUT2D eigenvalue weighted by Gasteiger charge is 2.22. The molecule has 1 aromatic carbocycles. The van der Waals surface area contributed by atoms with Crippen LogP contribution in [0, 0.1) is 0 Å². The molecular weight excluding hydrogens is 362 g/mol. The van der Waals surface area contributed by atoms with Gasteiger partial charge in [-0.05, 0) is 31.2 Å². The quantitative estimate of drug-likeness (QED) is 0.798. The first-order valence-corrected chi connectivity index (χ1v) is 8.53. The van der Waals surface area contributed by atoms with E-state index in [2.05, 4.69) is 26.1 Å². The average molecular weight is 384 g/mol. The van der Waals surface area contributed by atoms with Gasteiger partial charge in [-0.1, -0.05) is 15.9 Å². The molecule has 2 amide bonds. The predicted octanol–water partition coefficient (Wildman–Crippen LogP) is 1.11. The molecule has 1 saturated heterocycles. The van der Waals surface area contributed by atoms with Crippen LogP contribution in [0.5, 0.6) is 5.75 Å². The highest BCUT2D eigenvalue weighted by molar-refractivity contribution is 9.10. The molecule has 6 nitrogen and oxygen atoms in total. The van der Waals surface area contributed by atoms with Gasteiger partial charge in [0.1, 0.15) is 5.75 Å². The third-order valence-corrected chi connectivity index (χ3v) is 4.17. The van der Waals surface area contributed by atoms with E-state index < -0.39 is 0 Å². The Morgan fingerprint density at radius 2 is 1.83 bits per heavy atom. The van der Waals surface area contributed by atoms with Crippen molar-refractivity contribution >= 4 is 27.7 Å². The lowest BCUT2D eigenvalue weighted by Crippen LogP contribution is -2.52. The van der Waals surface area contributed by atoms with Gasteiger partial charge in [-0.3, -0.25) is 14.5 Å². The number of rotatable bonds is 6. The van der Waals surface area contributed by atoms with E-state index in [0.29, 0.717) is 45.0 Å². The van der Waals surface area contributed by atoms with Crippen molar-refractivity contribution in [2.75, 3.05) is 45.9 Å². The van der Waals surface area contributed by atoms with Crippen LogP contribution in [-0.2, 0) is 9.59 Å². The van der Waals surface area contributed by atoms with Crippen molar-refractivity contribution < 1.29 is 14.3 Å². The number of halogens is 1. The highest BCUT2D eigenvalue weighted by Crippen LogP contribution is 2.16. The second-order valence-corrected chi connectivity index (χ2v) is 6.27. The lowest BCUT2D eigenvalue weighted by Gasteiger charge is -2.34. The maximum absolute atomic E-state index is 12.2. The van der Waals surface area contributed by atoms with Gasteiger partial charge in [0.2, 0.25) is 5.91 Å². The number of nitrogens with zero attached hydrogens (tertiary/aromatic N) is 2. The van der Waals surface area contributed by atoms with Gasteiger partial charge in [0.25, 0.3) is 5.91 Å². The lowest BCUT2D eigenvalue weighted by atomic mass is 10.3. The van der Waals surface area contributed by atoms with Gasteiger partial charge in [0.05, 0.1) is 6.54 Å². The van der Waals surface area contributed by atoms with Crippen LogP contribution in [0.1, 0.15) is 6.92 Å². The third kappa shape index (κ3) is 5.84. The molecule has 126 valence electrons. The number of nitrogens with one attached hydrogen (secondary N) is 1. The average Bonchev–Trinajstić information content (AvgIpc) is 2.55. The van der Waals surface area contributed by atoms with E-state index in [9.17, 15) is 9.59 Å². The Morgan fingerprint density at radius 3 is 2.43 bits per heavy atom. The maximum atomic E-state index is 12.2. The SMILES string of the molecule is CCNC(=O)CN1CCN(C(=O)COc2ccc(Br)cc2)CC1. The van der Waals surface area contributed by atoms with E-state index >= 15 is 0 Å². The zero-order valence-electron chi connectivity index (χ0n) is 13.3. The second kappa shape index (κ2) is 8.88. The van der Waals surface area contributed by atoms with Crippen molar-refractivity contribution in [3.05, 3.63) is 28.7 Å². The van der Waals surface area contributed by atoms with Gasteiger partial charge in [0.15, 0.2) is 6.61 Å². The number of carbonyl (C=O) groups is 2. The van der Waals surface area contributed by atoms with Crippen molar-refractivity contribution in [2.24, 2.45) is 0 Å². The summed E-state index contributed by atoms with van der Waals surface area (Å²) in [5.74, 6) is 0.688. The summed E-state index contributed by atoms with van der Waals surface area (Å²) in [7, 11) is 0. The van der Waals surface area contributed by atoms with Crippen molar-refractivity contribution in [1.29, 1.82) is 0 Å². The summed E-state index contributed by atoms with van der Waals surface area (Å²) in [5.41, 5.74) is 0. The Balaban J connectivity index is 1.71. The minimum atomic E-state index is -0.0226. The molecule has 0 spiro atoms. The first-order chi connectivity index (χ1) is 11.1. The van der Waals surface area contributed by atoms with Gasteiger partial charge < -0.3 is 15.0 Å². The molecule has 1 aliphatic heterocycles. The highest BCUT2D eigenvalue weighted by atomic mass is 79.9. The molecule has 23 heavy (non-hydrogen) atoms. The zero-order chi connectivity index (χ0) is 16.7. The van der Waals surface area contributed by atoms with Crippen LogP contribution in [0.2, 0.25) is 0 Å². The molecule has 2 rings (SSSR count). The fraction of sp³-hybridized carbons (Fsp3) is 0.500. The number of ether oxygens (including phenoxy) is 1. The van der Waals surface area contributed by atoms with Gasteiger partial charge in [-0.2, -0.15) is 0 Å². The fourth-order valence-electron chi connectivity index (χ4n) is 2.38. The zero-order valence-corrected chi connectivity index (χ0v) is 14.8. The molecule has 0 radical (unpaired) electrons. The van der Waals surface area contributed by atoms with Gasteiger partial charge in [-0.15, -0.1) is 0 Å². The van der Waals surface area contributed by atoms with Gasteiger partial charge in [0, 0.05) is 37.2 Å². The Hall–Kier alpha value is -1.60. The molecule has 0 atom stereocenters. The van der Waals surface area contributed by atoms with E-state index in [1.54, 1.807) is 4.90 Å². The Bertz CT molecular complexity index is 528. The van der Waals surface area contributed by atoms with E-state index in [-0.39, 0.29) is 18.4 Å². The molecule has 1 aromatic rings. The molecule has 1 aliphatic rings. The van der Waals surface area contributed by atoms with Crippen molar-refractivity contribution in [3.63, 3.8) is 0 Å². The first-order valence-electron chi connectivity index (χ1n) is 7.73. The summed E-state index contributed by atoms with van der Waals surface area (Å²) < 4.78 is 6.48. The summed E-state index contributed by atoms with van der Waals surface area (Å²) >= 11 is 3.36. The number of piperazine rings is 1. The molecule has 1 fully saturated rings. The summed E-state index contributed by atoms with van der Waals surface area (Å²) in [4.78, 5) is 27.6. The Morgan fingerprint density at radius 1 is 1.17 bits per heavy atom. The Kier molecular flexibility index (Phi) is 6.85. The van der Waals surface area contributed by atoms with Gasteiger partial charge in [-0.25, -0.2) is 0 Å². The second-order valence-electron chi connectivity index (χ2n) is 5.35. The van der Waals surface area contributed by atoms with Crippen molar-refractivity contribution in [1.82, 2.24) is 15.1 Å². The number of likely N-dealkylation sites (N-methyl/N-ethyl adjacent to an activating group) is 1. The number of hydrogen-bond donors (Lipinski definition) is 1. The maximum Gasteiger partial charge on any atom is 0.260 e. The molecule has 0 unspecified atom stereocenters. The van der Waals surface area contributed by atoms with Crippen LogP contribution in [0.4, 0.5) is 0 Å². The third-order valence-electron chi connectivity index (χ3n) is 3.64. The summed E-state index contributed by atoms with van der Waals surface area (Å²) in [6, 6.07) is 7.39. The normalized spacial score (nSPS) is 15.3. The molecule has 0 bridgehead atoms. The predicted molar refractivity (Wildman–Crippen MR) is 91.3 cm³/mol. The molecule has 7 heteroatoms. The smallest absolute Gasteiger partial charge is 0.260 e. The summed E-state index contributed by atoms with van der Waals surface area (Å²) in [5, 5.41) is 2.78. The van der Waals surface area contributed by atoms with Crippen molar-refractivity contribution in [3.8, 4) is 5.75 Å². The van der Waals surface area contributed by atoms with Crippen LogP contribution in [-0.4, -0.2) is 67.5 Å². The summed E-state index contributed by atoms with van der Waals surface area (Å²) in [6.45, 7) is 5.65. The number of carbonyl (C=O) groups excluding carboxylic acids is 2. The minimum Gasteiger partial charge on any atom is -0.484 e. The fourth-order valence-corrected chi connectivity index (χ4v) is 2.64. The molecule has 1 heterocycles. The van der Waals surface area contributed by atoms with E-state index in [1.807, 2.05) is 31.2 Å². The number of benzene rings is 1.